The Morgan fingerprint density at radius 1 is 0.256 bits per heavy atom. The van der Waals surface area contributed by atoms with Crippen LogP contribution in [-0.4, -0.2) is 36.8 Å². The quantitative estimate of drug-likeness (QED) is 0.0817. The lowest BCUT2D eigenvalue weighted by molar-refractivity contribution is 0.254. The highest BCUT2D eigenvalue weighted by molar-refractivity contribution is 4.61. The molecule has 0 aromatic rings. The van der Waals surface area contributed by atoms with Crippen LogP contribution in [0.5, 0.6) is 0 Å². The van der Waals surface area contributed by atoms with Crippen molar-refractivity contribution in [2.24, 2.45) is 0 Å². The largest absolute Gasteiger partial charge is 0.400 e. The monoisotopic (exact) mass is 554 g/mol. The van der Waals surface area contributed by atoms with Gasteiger partial charge in [-0.15, -0.1) is 0 Å². The van der Waals surface area contributed by atoms with Gasteiger partial charge in [-0.2, -0.15) is 0 Å². The average Bonchev–Trinajstić information content (AvgIpc) is 2.96. The number of hydrogen-bond acceptors (Lipinski definition) is 2. The zero-order valence-corrected chi connectivity index (χ0v) is 28.2. The van der Waals surface area contributed by atoms with Crippen LogP contribution in [0.25, 0.3) is 0 Å². The molecule has 0 fully saturated rings. The molecule has 2 heteroatoms. The third kappa shape index (κ3) is 37.9. The summed E-state index contributed by atoms with van der Waals surface area (Å²) in [5.41, 5.74) is 0. The van der Waals surface area contributed by atoms with E-state index in [-0.39, 0.29) is 0 Å². The Balaban J connectivity index is 0. The molecule has 0 heterocycles. The van der Waals surface area contributed by atoms with E-state index in [0.29, 0.717) is 0 Å². The highest BCUT2D eigenvalue weighted by Crippen LogP contribution is 2.14. The predicted octanol–water partition coefficient (Wildman–Crippen LogP) is 12.7. The van der Waals surface area contributed by atoms with E-state index < -0.39 is 0 Å². The Morgan fingerprint density at radius 2 is 0.410 bits per heavy atom. The van der Waals surface area contributed by atoms with E-state index in [0.717, 1.165) is 7.11 Å². The first-order valence-corrected chi connectivity index (χ1v) is 18.5. The van der Waals surface area contributed by atoms with Crippen LogP contribution in [0, 0.1) is 0 Å². The SMILES string of the molecule is CCCCCCCCCCCCN(CCCCCCCCCCCC)CCCCCCCCCCCC.CO. The summed E-state index contributed by atoms with van der Waals surface area (Å²) in [5.74, 6) is 0. The van der Waals surface area contributed by atoms with Gasteiger partial charge in [-0.25, -0.2) is 0 Å². The van der Waals surface area contributed by atoms with E-state index in [9.17, 15) is 0 Å². The van der Waals surface area contributed by atoms with Crippen LogP contribution in [0.1, 0.15) is 213 Å². The Kier molecular flexibility index (Phi) is 42.2. The molecule has 238 valence electrons. The lowest BCUT2D eigenvalue weighted by atomic mass is 10.1. The van der Waals surface area contributed by atoms with Crippen molar-refractivity contribution in [1.29, 1.82) is 0 Å². The van der Waals surface area contributed by atoms with Crippen LogP contribution in [0.4, 0.5) is 0 Å². The summed E-state index contributed by atoms with van der Waals surface area (Å²) >= 11 is 0. The number of rotatable bonds is 33. The maximum absolute atomic E-state index is 7.00. The molecule has 0 radical (unpaired) electrons. The van der Waals surface area contributed by atoms with Crippen LogP contribution in [-0.2, 0) is 0 Å². The van der Waals surface area contributed by atoms with Gasteiger partial charge in [0.2, 0.25) is 0 Å². The van der Waals surface area contributed by atoms with Gasteiger partial charge in [0.1, 0.15) is 0 Å². The van der Waals surface area contributed by atoms with Crippen molar-refractivity contribution in [3.63, 3.8) is 0 Å². The lowest BCUT2D eigenvalue weighted by Gasteiger charge is -2.22. The van der Waals surface area contributed by atoms with Gasteiger partial charge >= 0.3 is 0 Å². The molecule has 0 saturated heterocycles. The molecule has 0 aromatic carbocycles. The Labute approximate surface area is 249 Å². The van der Waals surface area contributed by atoms with E-state index in [1.807, 2.05) is 0 Å². The molecule has 2 nitrogen and oxygen atoms in total. The normalized spacial score (nSPS) is 11.2. The Morgan fingerprint density at radius 3 is 0.590 bits per heavy atom. The number of nitrogens with zero attached hydrogens (tertiary/aromatic N) is 1. The van der Waals surface area contributed by atoms with Gasteiger partial charge in [0.15, 0.2) is 0 Å². The lowest BCUT2D eigenvalue weighted by Crippen LogP contribution is -2.27. The van der Waals surface area contributed by atoms with Crippen molar-refractivity contribution in [2.75, 3.05) is 26.7 Å². The number of aliphatic hydroxyl groups is 1. The van der Waals surface area contributed by atoms with Gasteiger partial charge in [0.05, 0.1) is 0 Å². The number of hydrogen-bond donors (Lipinski definition) is 1. The van der Waals surface area contributed by atoms with E-state index in [1.165, 1.54) is 212 Å². The molecule has 1 N–H and O–H groups in total. The van der Waals surface area contributed by atoms with Gasteiger partial charge in [-0.1, -0.05) is 194 Å². The second kappa shape index (κ2) is 40.1. The minimum atomic E-state index is 1.00. The van der Waals surface area contributed by atoms with E-state index in [2.05, 4.69) is 25.7 Å². The summed E-state index contributed by atoms with van der Waals surface area (Å²) in [6.45, 7) is 11.0. The molecule has 0 bridgehead atoms. The Hall–Kier alpha value is -0.0800. The molecule has 0 saturated carbocycles. The van der Waals surface area contributed by atoms with Crippen molar-refractivity contribution in [2.45, 2.75) is 213 Å². The molecule has 0 aliphatic heterocycles. The van der Waals surface area contributed by atoms with E-state index >= 15 is 0 Å². The van der Waals surface area contributed by atoms with Crippen molar-refractivity contribution in [3.8, 4) is 0 Å². The predicted molar refractivity (Wildman–Crippen MR) is 180 cm³/mol. The van der Waals surface area contributed by atoms with Crippen molar-refractivity contribution in [3.05, 3.63) is 0 Å². The fraction of sp³-hybridized carbons (Fsp3) is 1.00. The van der Waals surface area contributed by atoms with Crippen LogP contribution in [0.3, 0.4) is 0 Å². The smallest absolute Gasteiger partial charge is 0.0319 e. The molecule has 0 atom stereocenters. The first kappa shape index (κ1) is 41.1. The van der Waals surface area contributed by atoms with Gasteiger partial charge in [0.25, 0.3) is 0 Å². The molecular weight excluding hydrogens is 474 g/mol. The van der Waals surface area contributed by atoms with Crippen molar-refractivity contribution >= 4 is 0 Å². The van der Waals surface area contributed by atoms with Crippen LogP contribution < -0.4 is 0 Å². The van der Waals surface area contributed by atoms with Crippen LogP contribution in [0.2, 0.25) is 0 Å². The minimum Gasteiger partial charge on any atom is -0.400 e. The summed E-state index contributed by atoms with van der Waals surface area (Å²) < 4.78 is 0. The molecule has 0 aliphatic rings. The Bertz CT molecular complexity index is 329. The first-order valence-electron chi connectivity index (χ1n) is 18.5. The molecule has 0 aromatic heterocycles. The molecular formula is C37H79NO. The van der Waals surface area contributed by atoms with E-state index in [4.69, 9.17) is 5.11 Å². The van der Waals surface area contributed by atoms with Gasteiger partial charge in [-0.3, -0.25) is 0 Å². The highest BCUT2D eigenvalue weighted by atomic mass is 16.2. The number of unbranched alkanes of at least 4 members (excludes halogenated alkanes) is 27. The summed E-state index contributed by atoms with van der Waals surface area (Å²) in [6.07, 6.45) is 43.6. The van der Waals surface area contributed by atoms with Gasteiger partial charge in [0, 0.05) is 7.11 Å². The topological polar surface area (TPSA) is 23.5 Å². The maximum atomic E-state index is 7.00. The van der Waals surface area contributed by atoms with Crippen molar-refractivity contribution in [1.82, 2.24) is 4.90 Å². The molecule has 0 rings (SSSR count). The fourth-order valence-electron chi connectivity index (χ4n) is 5.80. The maximum Gasteiger partial charge on any atom is 0.0319 e. The fourth-order valence-corrected chi connectivity index (χ4v) is 5.80. The molecule has 0 aliphatic carbocycles. The standard InChI is InChI=1S/C36H75N.CH4O/c1-4-7-10-13-16-19-22-25-28-31-34-37(35-32-29-26-23-20-17-14-11-8-5-2)36-33-30-27-24-21-18-15-12-9-6-3;1-2/h4-36H2,1-3H3;2H,1H3. The summed E-state index contributed by atoms with van der Waals surface area (Å²) in [5, 5.41) is 7.00. The highest BCUT2D eigenvalue weighted by Gasteiger charge is 2.05. The summed E-state index contributed by atoms with van der Waals surface area (Å²) in [7, 11) is 1.00. The van der Waals surface area contributed by atoms with Crippen LogP contribution >= 0.6 is 0 Å². The number of aliphatic hydroxyl groups excluding tert-OH is 1. The van der Waals surface area contributed by atoms with Crippen molar-refractivity contribution < 1.29 is 5.11 Å². The summed E-state index contributed by atoms with van der Waals surface area (Å²) in [4.78, 5) is 2.85. The molecule has 39 heavy (non-hydrogen) atoms. The second-order valence-electron chi connectivity index (χ2n) is 12.4. The van der Waals surface area contributed by atoms with Gasteiger partial charge < -0.3 is 10.0 Å². The minimum absolute atomic E-state index is 1.00. The molecule has 0 spiro atoms. The van der Waals surface area contributed by atoms with Crippen LogP contribution in [0.15, 0.2) is 0 Å². The zero-order chi connectivity index (χ0) is 28.9. The summed E-state index contributed by atoms with van der Waals surface area (Å²) in [6, 6.07) is 0. The zero-order valence-electron chi connectivity index (χ0n) is 28.2. The first-order chi connectivity index (χ1) is 19.3. The van der Waals surface area contributed by atoms with Gasteiger partial charge in [-0.05, 0) is 38.9 Å². The third-order valence-electron chi connectivity index (χ3n) is 8.48. The molecule has 0 unspecified atom stereocenters. The second-order valence-corrected chi connectivity index (χ2v) is 12.4. The third-order valence-corrected chi connectivity index (χ3v) is 8.48. The van der Waals surface area contributed by atoms with E-state index in [1.54, 1.807) is 0 Å². The molecule has 0 amide bonds. The average molecular weight is 554 g/mol.